The standard InChI is InChI=1S/C9H16N4/c1-7-11-5-8(6-12-7)9(4-10)13(2)3/h5-6,9H,4,10H2,1-3H3. The van der Waals surface area contributed by atoms with Crippen molar-refractivity contribution in [3.63, 3.8) is 0 Å². The summed E-state index contributed by atoms with van der Waals surface area (Å²) >= 11 is 0. The fourth-order valence-corrected chi connectivity index (χ4v) is 1.22. The lowest BCUT2D eigenvalue weighted by Gasteiger charge is -2.22. The molecule has 0 aromatic carbocycles. The lowest BCUT2D eigenvalue weighted by atomic mass is 10.1. The Morgan fingerprint density at radius 2 is 1.92 bits per heavy atom. The summed E-state index contributed by atoms with van der Waals surface area (Å²) in [5.74, 6) is 0.790. The fourth-order valence-electron chi connectivity index (χ4n) is 1.22. The van der Waals surface area contributed by atoms with Crippen molar-refractivity contribution in [2.24, 2.45) is 5.73 Å². The summed E-state index contributed by atoms with van der Waals surface area (Å²) in [6.07, 6.45) is 3.67. The third kappa shape index (κ3) is 2.47. The van der Waals surface area contributed by atoms with Gasteiger partial charge in [-0.2, -0.15) is 0 Å². The molecule has 1 rings (SSSR count). The lowest BCUT2D eigenvalue weighted by molar-refractivity contribution is 0.304. The Kier molecular flexibility index (Phi) is 3.33. The average Bonchev–Trinajstić information content (AvgIpc) is 2.09. The SMILES string of the molecule is Cc1ncc(C(CN)N(C)C)cn1. The lowest BCUT2D eigenvalue weighted by Crippen LogP contribution is -2.27. The van der Waals surface area contributed by atoms with Gasteiger partial charge in [-0.1, -0.05) is 0 Å². The third-order valence-corrected chi connectivity index (χ3v) is 2.03. The fraction of sp³-hybridized carbons (Fsp3) is 0.556. The topological polar surface area (TPSA) is 55.0 Å². The van der Waals surface area contributed by atoms with Crippen LogP contribution >= 0.6 is 0 Å². The summed E-state index contributed by atoms with van der Waals surface area (Å²) in [7, 11) is 3.99. The molecule has 1 aromatic heterocycles. The predicted molar refractivity (Wildman–Crippen MR) is 52.3 cm³/mol. The maximum atomic E-state index is 5.65. The van der Waals surface area contributed by atoms with Crippen LogP contribution in [0.4, 0.5) is 0 Å². The molecule has 0 amide bonds. The Bertz CT molecular complexity index is 255. The van der Waals surface area contributed by atoms with Gasteiger partial charge in [-0.3, -0.25) is 0 Å². The third-order valence-electron chi connectivity index (χ3n) is 2.03. The largest absolute Gasteiger partial charge is 0.329 e. The Morgan fingerprint density at radius 1 is 1.38 bits per heavy atom. The smallest absolute Gasteiger partial charge is 0.125 e. The van der Waals surface area contributed by atoms with Gasteiger partial charge in [-0.05, 0) is 21.0 Å². The molecule has 0 aliphatic rings. The van der Waals surface area contributed by atoms with Gasteiger partial charge in [0, 0.05) is 30.5 Å². The summed E-state index contributed by atoms with van der Waals surface area (Å²) in [6, 6.07) is 0.209. The number of likely N-dealkylation sites (N-methyl/N-ethyl adjacent to an activating group) is 1. The minimum Gasteiger partial charge on any atom is -0.329 e. The number of aryl methyl sites for hydroxylation is 1. The molecule has 0 spiro atoms. The van der Waals surface area contributed by atoms with Crippen molar-refractivity contribution in [3.05, 3.63) is 23.8 Å². The van der Waals surface area contributed by atoms with Crippen LogP contribution < -0.4 is 5.73 Å². The molecule has 0 saturated carbocycles. The maximum absolute atomic E-state index is 5.65. The van der Waals surface area contributed by atoms with E-state index in [2.05, 4.69) is 14.9 Å². The highest BCUT2D eigenvalue weighted by atomic mass is 15.1. The highest BCUT2D eigenvalue weighted by Gasteiger charge is 2.11. The van der Waals surface area contributed by atoms with Crippen LogP contribution in [-0.4, -0.2) is 35.5 Å². The van der Waals surface area contributed by atoms with E-state index in [0.717, 1.165) is 11.4 Å². The van der Waals surface area contributed by atoms with Crippen LogP contribution in [0.15, 0.2) is 12.4 Å². The van der Waals surface area contributed by atoms with Crippen LogP contribution in [0.3, 0.4) is 0 Å². The van der Waals surface area contributed by atoms with E-state index in [9.17, 15) is 0 Å². The molecule has 2 N–H and O–H groups in total. The first kappa shape index (κ1) is 10.1. The van der Waals surface area contributed by atoms with Crippen LogP contribution in [0, 0.1) is 6.92 Å². The predicted octanol–water partition coefficient (Wildman–Crippen LogP) is 0.346. The number of hydrogen-bond donors (Lipinski definition) is 1. The van der Waals surface area contributed by atoms with Crippen molar-refractivity contribution in [3.8, 4) is 0 Å². The van der Waals surface area contributed by atoms with Crippen LogP contribution in [-0.2, 0) is 0 Å². The molecule has 0 bridgehead atoms. The monoisotopic (exact) mass is 180 g/mol. The van der Waals surface area contributed by atoms with E-state index >= 15 is 0 Å². The van der Waals surface area contributed by atoms with E-state index < -0.39 is 0 Å². The summed E-state index contributed by atoms with van der Waals surface area (Å²) in [5, 5.41) is 0. The van der Waals surface area contributed by atoms with Gasteiger partial charge in [0.15, 0.2) is 0 Å². The van der Waals surface area contributed by atoms with Crippen molar-refractivity contribution in [2.75, 3.05) is 20.6 Å². The molecule has 72 valence electrons. The summed E-state index contributed by atoms with van der Waals surface area (Å²) in [6.45, 7) is 2.45. The van der Waals surface area contributed by atoms with E-state index in [4.69, 9.17) is 5.73 Å². The second-order valence-corrected chi connectivity index (χ2v) is 3.28. The molecule has 4 heteroatoms. The summed E-state index contributed by atoms with van der Waals surface area (Å²) in [5.41, 5.74) is 6.71. The molecule has 0 saturated heterocycles. The second-order valence-electron chi connectivity index (χ2n) is 3.28. The van der Waals surface area contributed by atoms with Gasteiger partial charge in [-0.25, -0.2) is 9.97 Å². The van der Waals surface area contributed by atoms with E-state index in [0.29, 0.717) is 6.54 Å². The highest BCUT2D eigenvalue weighted by molar-refractivity contribution is 5.11. The van der Waals surface area contributed by atoms with Gasteiger partial charge in [-0.15, -0.1) is 0 Å². The van der Waals surface area contributed by atoms with Crippen molar-refractivity contribution in [2.45, 2.75) is 13.0 Å². The van der Waals surface area contributed by atoms with Crippen LogP contribution in [0.25, 0.3) is 0 Å². The highest BCUT2D eigenvalue weighted by Crippen LogP contribution is 2.14. The molecular weight excluding hydrogens is 164 g/mol. The van der Waals surface area contributed by atoms with Gasteiger partial charge in [0.25, 0.3) is 0 Å². The first-order chi connectivity index (χ1) is 6.15. The maximum Gasteiger partial charge on any atom is 0.125 e. The zero-order chi connectivity index (χ0) is 9.84. The Labute approximate surface area is 78.8 Å². The minimum absolute atomic E-state index is 0.209. The zero-order valence-corrected chi connectivity index (χ0v) is 8.36. The van der Waals surface area contributed by atoms with Gasteiger partial charge in [0.1, 0.15) is 5.82 Å². The molecule has 0 aliphatic carbocycles. The van der Waals surface area contributed by atoms with Gasteiger partial charge in [0.2, 0.25) is 0 Å². The Morgan fingerprint density at radius 3 is 2.31 bits per heavy atom. The van der Waals surface area contributed by atoms with Crippen LogP contribution in [0.1, 0.15) is 17.4 Å². The first-order valence-electron chi connectivity index (χ1n) is 4.30. The average molecular weight is 180 g/mol. The number of nitrogens with zero attached hydrogens (tertiary/aromatic N) is 3. The molecular formula is C9H16N4. The van der Waals surface area contributed by atoms with Gasteiger partial charge in [0.05, 0.1) is 0 Å². The quantitative estimate of drug-likeness (QED) is 0.729. The molecule has 0 radical (unpaired) electrons. The molecule has 1 unspecified atom stereocenters. The molecule has 1 atom stereocenters. The molecule has 1 aromatic rings. The molecule has 13 heavy (non-hydrogen) atoms. The normalized spacial score (nSPS) is 13.3. The van der Waals surface area contributed by atoms with E-state index in [1.54, 1.807) is 0 Å². The second kappa shape index (κ2) is 4.30. The van der Waals surface area contributed by atoms with Crippen LogP contribution in [0.2, 0.25) is 0 Å². The number of hydrogen-bond acceptors (Lipinski definition) is 4. The van der Waals surface area contributed by atoms with Crippen molar-refractivity contribution in [1.29, 1.82) is 0 Å². The molecule has 4 nitrogen and oxygen atoms in total. The number of rotatable bonds is 3. The zero-order valence-electron chi connectivity index (χ0n) is 8.36. The van der Waals surface area contributed by atoms with Crippen molar-refractivity contribution < 1.29 is 0 Å². The van der Waals surface area contributed by atoms with Crippen LogP contribution in [0.5, 0.6) is 0 Å². The van der Waals surface area contributed by atoms with E-state index in [1.165, 1.54) is 0 Å². The summed E-state index contributed by atoms with van der Waals surface area (Å²) in [4.78, 5) is 10.3. The summed E-state index contributed by atoms with van der Waals surface area (Å²) < 4.78 is 0. The number of nitrogens with two attached hydrogens (primary N) is 1. The minimum atomic E-state index is 0.209. The Hall–Kier alpha value is -1.00. The molecule has 0 aliphatic heterocycles. The first-order valence-corrected chi connectivity index (χ1v) is 4.30. The number of aromatic nitrogens is 2. The van der Waals surface area contributed by atoms with Crippen molar-refractivity contribution >= 4 is 0 Å². The van der Waals surface area contributed by atoms with E-state index in [1.807, 2.05) is 33.4 Å². The Balaban J connectivity index is 2.86. The van der Waals surface area contributed by atoms with Crippen molar-refractivity contribution in [1.82, 2.24) is 14.9 Å². The van der Waals surface area contributed by atoms with Gasteiger partial charge < -0.3 is 10.6 Å². The van der Waals surface area contributed by atoms with E-state index in [-0.39, 0.29) is 6.04 Å². The molecule has 0 fully saturated rings. The molecule has 1 heterocycles. The van der Waals surface area contributed by atoms with Gasteiger partial charge >= 0.3 is 0 Å².